The molecule has 1 aliphatic heterocycles. The number of hydrogen-bond donors (Lipinski definition) is 0. The Labute approximate surface area is 126 Å². The third-order valence-electron chi connectivity index (χ3n) is 3.92. The van der Waals surface area contributed by atoms with E-state index in [1.54, 1.807) is 17.5 Å². The molecule has 4 rings (SSSR count). The fraction of sp³-hybridized carbons (Fsp3) is 0.250. The molecule has 0 aliphatic carbocycles. The van der Waals surface area contributed by atoms with E-state index in [-0.39, 0.29) is 5.91 Å². The Morgan fingerprint density at radius 3 is 2.71 bits per heavy atom. The predicted molar refractivity (Wildman–Crippen MR) is 84.1 cm³/mol. The molecule has 3 aromatic rings. The molecule has 0 bridgehead atoms. The second kappa shape index (κ2) is 5.00. The first kappa shape index (κ1) is 12.6. The van der Waals surface area contributed by atoms with Crippen molar-refractivity contribution < 1.29 is 4.79 Å². The van der Waals surface area contributed by atoms with Gasteiger partial charge in [0.05, 0.1) is 10.4 Å². The maximum Gasteiger partial charge on any atom is 0.266 e. The van der Waals surface area contributed by atoms with Gasteiger partial charge in [0, 0.05) is 43.3 Å². The molecule has 1 aliphatic rings. The number of aromatic nitrogens is 2. The van der Waals surface area contributed by atoms with Crippen LogP contribution in [0.2, 0.25) is 0 Å². The molecule has 5 heteroatoms. The van der Waals surface area contributed by atoms with E-state index < -0.39 is 0 Å². The fourth-order valence-corrected chi connectivity index (χ4v) is 4.02. The normalized spacial score (nSPS) is 15.0. The zero-order valence-electron chi connectivity index (χ0n) is 11.5. The smallest absolute Gasteiger partial charge is 0.266 e. The van der Waals surface area contributed by atoms with Crippen LogP contribution in [0, 0.1) is 0 Å². The van der Waals surface area contributed by atoms with Crippen molar-refractivity contribution >= 4 is 27.3 Å². The van der Waals surface area contributed by atoms with Crippen LogP contribution in [0.4, 0.5) is 0 Å². The van der Waals surface area contributed by atoms with Crippen molar-refractivity contribution in [2.24, 2.45) is 0 Å². The highest BCUT2D eigenvalue weighted by molar-refractivity contribution is 7.21. The van der Waals surface area contributed by atoms with Crippen LogP contribution in [-0.2, 0) is 0 Å². The summed E-state index contributed by atoms with van der Waals surface area (Å²) in [6.07, 6.45) is 9.82. The number of nitrogens with zero attached hydrogens (tertiary/aromatic N) is 3. The van der Waals surface area contributed by atoms with Crippen LogP contribution in [0.25, 0.3) is 15.8 Å². The van der Waals surface area contributed by atoms with Gasteiger partial charge in [0.2, 0.25) is 0 Å². The molecule has 0 radical (unpaired) electrons. The minimum Gasteiger partial charge on any atom is -0.338 e. The summed E-state index contributed by atoms with van der Waals surface area (Å²) in [6, 6.07) is 5.95. The lowest BCUT2D eigenvalue weighted by Crippen LogP contribution is -2.27. The number of carbonyl (C=O) groups excluding carboxylic acids is 1. The lowest BCUT2D eigenvalue weighted by Gasteiger charge is -2.15. The minimum atomic E-state index is 0.150. The molecule has 3 aromatic heterocycles. The van der Waals surface area contributed by atoms with Crippen molar-refractivity contribution in [2.75, 3.05) is 13.1 Å². The first-order valence-corrected chi connectivity index (χ1v) is 7.95. The third-order valence-corrected chi connectivity index (χ3v) is 5.03. The van der Waals surface area contributed by atoms with Crippen molar-refractivity contribution in [1.82, 2.24) is 14.5 Å². The molecule has 4 heterocycles. The molecule has 0 spiro atoms. The SMILES string of the molecule is O=C(c1sc2cnccc2c1-n1cccc1)N1CCCC1. The number of likely N-dealkylation sites (tertiary alicyclic amines) is 1. The van der Waals surface area contributed by atoms with Gasteiger partial charge in [0.25, 0.3) is 5.91 Å². The van der Waals surface area contributed by atoms with Crippen LogP contribution in [0.15, 0.2) is 43.0 Å². The zero-order valence-corrected chi connectivity index (χ0v) is 12.3. The summed E-state index contributed by atoms with van der Waals surface area (Å²) in [5.41, 5.74) is 0.985. The number of amides is 1. The van der Waals surface area contributed by atoms with E-state index >= 15 is 0 Å². The molecule has 106 valence electrons. The molecule has 0 atom stereocenters. The molecule has 1 fully saturated rings. The van der Waals surface area contributed by atoms with E-state index in [2.05, 4.69) is 4.98 Å². The van der Waals surface area contributed by atoms with Crippen LogP contribution < -0.4 is 0 Å². The largest absolute Gasteiger partial charge is 0.338 e. The maximum atomic E-state index is 12.8. The van der Waals surface area contributed by atoms with Crippen LogP contribution in [-0.4, -0.2) is 33.4 Å². The lowest BCUT2D eigenvalue weighted by molar-refractivity contribution is 0.0797. The first-order valence-electron chi connectivity index (χ1n) is 7.14. The first-order chi connectivity index (χ1) is 10.3. The Bertz CT molecular complexity index is 785. The van der Waals surface area contributed by atoms with Gasteiger partial charge in [0.1, 0.15) is 4.88 Å². The Morgan fingerprint density at radius 1 is 1.19 bits per heavy atom. The lowest BCUT2D eigenvalue weighted by atomic mass is 10.2. The third kappa shape index (κ3) is 2.05. The highest BCUT2D eigenvalue weighted by atomic mass is 32.1. The number of pyridine rings is 1. The van der Waals surface area contributed by atoms with E-state index in [4.69, 9.17) is 0 Å². The summed E-state index contributed by atoms with van der Waals surface area (Å²) in [6.45, 7) is 1.74. The quantitative estimate of drug-likeness (QED) is 0.727. The zero-order chi connectivity index (χ0) is 14.2. The van der Waals surface area contributed by atoms with Crippen molar-refractivity contribution in [1.29, 1.82) is 0 Å². The van der Waals surface area contributed by atoms with E-state index in [0.717, 1.165) is 46.6 Å². The summed E-state index contributed by atoms with van der Waals surface area (Å²) < 4.78 is 3.09. The molecule has 0 aromatic carbocycles. The Morgan fingerprint density at radius 2 is 1.95 bits per heavy atom. The van der Waals surface area contributed by atoms with Crippen LogP contribution in [0.5, 0.6) is 0 Å². The van der Waals surface area contributed by atoms with Crippen molar-refractivity contribution in [2.45, 2.75) is 12.8 Å². The topological polar surface area (TPSA) is 38.1 Å². The standard InChI is InChI=1S/C16H15N3OS/c20-16(19-9-3-4-10-19)15-14(18-7-1-2-8-18)12-5-6-17-11-13(12)21-15/h1-2,5-8,11H,3-4,9-10H2. The average molecular weight is 297 g/mol. The van der Waals surface area contributed by atoms with E-state index in [9.17, 15) is 4.79 Å². The van der Waals surface area contributed by atoms with E-state index in [1.165, 1.54) is 0 Å². The van der Waals surface area contributed by atoms with Gasteiger partial charge in [0.15, 0.2) is 0 Å². The second-order valence-corrected chi connectivity index (χ2v) is 6.29. The van der Waals surface area contributed by atoms with Crippen LogP contribution >= 0.6 is 11.3 Å². The van der Waals surface area contributed by atoms with E-state index in [0.29, 0.717) is 0 Å². The summed E-state index contributed by atoms with van der Waals surface area (Å²) in [7, 11) is 0. The van der Waals surface area contributed by atoms with Crippen molar-refractivity contribution in [3.05, 3.63) is 47.9 Å². The number of rotatable bonds is 2. The summed E-state index contributed by atoms with van der Waals surface area (Å²) in [5.74, 6) is 0.150. The molecule has 0 N–H and O–H groups in total. The number of fused-ring (bicyclic) bond motifs is 1. The van der Waals surface area contributed by atoms with Gasteiger partial charge in [-0.3, -0.25) is 9.78 Å². The number of carbonyl (C=O) groups is 1. The average Bonchev–Trinajstić information content (AvgIpc) is 3.24. The van der Waals surface area contributed by atoms with Crippen LogP contribution in [0.3, 0.4) is 0 Å². The van der Waals surface area contributed by atoms with Gasteiger partial charge in [-0.25, -0.2) is 0 Å². The monoisotopic (exact) mass is 297 g/mol. The molecule has 0 saturated carbocycles. The molecule has 1 saturated heterocycles. The van der Waals surface area contributed by atoms with Crippen molar-refractivity contribution in [3.63, 3.8) is 0 Å². The van der Waals surface area contributed by atoms with Gasteiger partial charge >= 0.3 is 0 Å². The molecule has 4 nitrogen and oxygen atoms in total. The Kier molecular flexibility index (Phi) is 3.00. The summed E-state index contributed by atoms with van der Waals surface area (Å²) in [4.78, 5) is 19.8. The maximum absolute atomic E-state index is 12.8. The Balaban J connectivity index is 1.91. The summed E-state index contributed by atoms with van der Waals surface area (Å²) in [5, 5.41) is 1.09. The van der Waals surface area contributed by atoms with Gasteiger partial charge in [-0.05, 0) is 31.0 Å². The molecule has 21 heavy (non-hydrogen) atoms. The van der Waals surface area contributed by atoms with Gasteiger partial charge < -0.3 is 9.47 Å². The summed E-state index contributed by atoms with van der Waals surface area (Å²) >= 11 is 1.54. The highest BCUT2D eigenvalue weighted by Crippen LogP contribution is 2.35. The minimum absolute atomic E-state index is 0.150. The van der Waals surface area contributed by atoms with Crippen molar-refractivity contribution in [3.8, 4) is 5.69 Å². The van der Waals surface area contributed by atoms with Gasteiger partial charge in [-0.1, -0.05) is 0 Å². The predicted octanol–water partition coefficient (Wildman–Crippen LogP) is 3.32. The highest BCUT2D eigenvalue weighted by Gasteiger charge is 2.25. The molecular formula is C16H15N3OS. The second-order valence-electron chi connectivity index (χ2n) is 5.24. The number of thiophene rings is 1. The molecular weight excluding hydrogens is 282 g/mol. The molecule has 0 unspecified atom stereocenters. The fourth-order valence-electron chi connectivity index (χ4n) is 2.89. The van der Waals surface area contributed by atoms with Gasteiger partial charge in [-0.15, -0.1) is 11.3 Å². The van der Waals surface area contributed by atoms with Crippen LogP contribution in [0.1, 0.15) is 22.5 Å². The van der Waals surface area contributed by atoms with Gasteiger partial charge in [-0.2, -0.15) is 0 Å². The molecule has 1 amide bonds. The van der Waals surface area contributed by atoms with E-state index in [1.807, 2.05) is 46.3 Å². The number of hydrogen-bond acceptors (Lipinski definition) is 3. The Hall–Kier alpha value is -2.14.